The minimum absolute atomic E-state index is 0.0124. The zero-order chi connectivity index (χ0) is 11.1. The number of ketones is 1. The van der Waals surface area contributed by atoms with E-state index in [1.165, 1.54) is 12.0 Å². The molecule has 0 bridgehead atoms. The molecule has 0 spiro atoms. The van der Waals surface area contributed by atoms with Gasteiger partial charge in [-0.2, -0.15) is 0 Å². The Morgan fingerprint density at radius 3 is 2.00 bits per heavy atom. The van der Waals surface area contributed by atoms with E-state index in [9.17, 15) is 4.79 Å². The first-order valence-corrected chi connectivity index (χ1v) is 5.84. The van der Waals surface area contributed by atoms with Crippen LogP contribution in [0.15, 0.2) is 0 Å². The Labute approximate surface area is 91.0 Å². The van der Waals surface area contributed by atoms with Gasteiger partial charge in [0.05, 0.1) is 5.25 Å². The summed E-state index contributed by atoms with van der Waals surface area (Å²) < 4.78 is 5.54. The van der Waals surface area contributed by atoms with Crippen molar-refractivity contribution in [1.29, 1.82) is 0 Å². The molecule has 0 radical (unpaired) electrons. The predicted octanol–water partition coefficient (Wildman–Crippen LogP) is 3.06. The van der Waals surface area contributed by atoms with Crippen molar-refractivity contribution in [2.45, 2.75) is 52.9 Å². The molecule has 0 aromatic rings. The lowest BCUT2D eigenvalue weighted by atomic mass is 9.65. The van der Waals surface area contributed by atoms with E-state index >= 15 is 0 Å². The van der Waals surface area contributed by atoms with Crippen LogP contribution in [0.1, 0.15) is 41.5 Å². The van der Waals surface area contributed by atoms with Crippen LogP contribution in [0.25, 0.3) is 0 Å². The van der Waals surface area contributed by atoms with Crippen LogP contribution in [-0.4, -0.2) is 17.1 Å². The quantitative estimate of drug-likeness (QED) is 0.630. The first kappa shape index (κ1) is 12.1. The summed E-state index contributed by atoms with van der Waals surface area (Å²) in [6, 6.07) is 0. The fraction of sp³-hybridized carbons (Fsp3) is 0.909. The van der Waals surface area contributed by atoms with E-state index in [0.29, 0.717) is 0 Å². The monoisotopic (exact) mass is 216 g/mol. The Morgan fingerprint density at radius 2 is 1.71 bits per heavy atom. The Hall–Kier alpha value is -0.0200. The van der Waals surface area contributed by atoms with E-state index in [1.807, 2.05) is 6.92 Å². The van der Waals surface area contributed by atoms with Crippen molar-refractivity contribution in [2.24, 2.45) is 10.8 Å². The minimum Gasteiger partial charge on any atom is -0.303 e. The molecule has 0 saturated carbocycles. The molecule has 0 amide bonds. The Morgan fingerprint density at radius 1 is 1.21 bits per heavy atom. The lowest BCUT2D eigenvalue weighted by Gasteiger charge is -2.41. The van der Waals surface area contributed by atoms with Crippen molar-refractivity contribution < 1.29 is 8.98 Å². The molecule has 2 nitrogen and oxygen atoms in total. The second-order valence-electron chi connectivity index (χ2n) is 5.59. The van der Waals surface area contributed by atoms with Crippen LogP contribution in [-0.2, 0) is 8.98 Å². The molecule has 14 heavy (non-hydrogen) atoms. The van der Waals surface area contributed by atoms with Crippen LogP contribution >= 0.6 is 12.0 Å². The predicted molar refractivity (Wildman–Crippen MR) is 60.2 cm³/mol. The summed E-state index contributed by atoms with van der Waals surface area (Å²) in [4.78, 5) is 11.9. The average Bonchev–Trinajstić information content (AvgIpc) is 2.30. The van der Waals surface area contributed by atoms with Gasteiger partial charge in [0.1, 0.15) is 6.10 Å². The van der Waals surface area contributed by atoms with Gasteiger partial charge in [0.15, 0.2) is 5.78 Å². The molecular formula is C11H20O2S. The van der Waals surface area contributed by atoms with Gasteiger partial charge in [-0.25, -0.2) is 0 Å². The molecule has 2 unspecified atom stereocenters. The molecule has 1 fully saturated rings. The van der Waals surface area contributed by atoms with Gasteiger partial charge >= 0.3 is 0 Å². The third-order valence-electron chi connectivity index (χ3n) is 3.54. The second kappa shape index (κ2) is 3.53. The van der Waals surface area contributed by atoms with Crippen LogP contribution in [0.5, 0.6) is 0 Å². The maximum atomic E-state index is 11.9. The van der Waals surface area contributed by atoms with E-state index in [4.69, 9.17) is 4.18 Å². The standard InChI is InChI=1S/C11H20O2S/c1-7-8(12)9(13-14-7)11(5,6)10(2,3)4/h7,9H,1-6H3. The van der Waals surface area contributed by atoms with Gasteiger partial charge in [0.2, 0.25) is 0 Å². The van der Waals surface area contributed by atoms with Gasteiger partial charge in [-0.1, -0.05) is 34.6 Å². The lowest BCUT2D eigenvalue weighted by Crippen LogP contribution is -2.45. The number of carbonyl (C=O) groups is 1. The van der Waals surface area contributed by atoms with Crippen molar-refractivity contribution in [2.75, 3.05) is 0 Å². The first-order valence-electron chi connectivity index (χ1n) is 5.04. The Balaban J connectivity index is 2.89. The van der Waals surface area contributed by atoms with Gasteiger partial charge in [0, 0.05) is 17.5 Å². The summed E-state index contributed by atoms with van der Waals surface area (Å²) >= 11 is 1.31. The SMILES string of the molecule is CC1SOC(C(C)(C)C(C)(C)C)C1=O. The molecule has 1 aliphatic heterocycles. The zero-order valence-electron chi connectivity index (χ0n) is 9.88. The van der Waals surface area contributed by atoms with Crippen molar-refractivity contribution in [3.63, 3.8) is 0 Å². The highest BCUT2D eigenvalue weighted by Gasteiger charge is 2.49. The first-order chi connectivity index (χ1) is 6.18. The number of hydrogen-bond acceptors (Lipinski definition) is 3. The third kappa shape index (κ3) is 1.84. The van der Waals surface area contributed by atoms with Crippen molar-refractivity contribution in [3.8, 4) is 0 Å². The summed E-state index contributed by atoms with van der Waals surface area (Å²) in [5, 5.41) is -0.0124. The smallest absolute Gasteiger partial charge is 0.178 e. The number of hydrogen-bond donors (Lipinski definition) is 0. The van der Waals surface area contributed by atoms with Crippen LogP contribution < -0.4 is 0 Å². The highest BCUT2D eigenvalue weighted by Crippen LogP contribution is 2.47. The summed E-state index contributed by atoms with van der Waals surface area (Å²) in [5.74, 6) is 0.231. The van der Waals surface area contributed by atoms with Gasteiger partial charge in [-0.05, 0) is 12.3 Å². The molecule has 0 aromatic carbocycles. The Kier molecular flexibility index (Phi) is 3.04. The molecule has 1 aliphatic rings. The van der Waals surface area contributed by atoms with Crippen LogP contribution in [0, 0.1) is 10.8 Å². The highest BCUT2D eigenvalue weighted by molar-refractivity contribution is 7.96. The fourth-order valence-electron chi connectivity index (χ4n) is 1.32. The molecule has 1 rings (SSSR count). The molecular weight excluding hydrogens is 196 g/mol. The lowest BCUT2D eigenvalue weighted by molar-refractivity contribution is -0.130. The van der Waals surface area contributed by atoms with E-state index in [2.05, 4.69) is 34.6 Å². The summed E-state index contributed by atoms with van der Waals surface area (Å²) in [5.41, 5.74) is -0.0558. The zero-order valence-corrected chi connectivity index (χ0v) is 10.7. The maximum absolute atomic E-state index is 11.9. The molecule has 1 saturated heterocycles. The highest BCUT2D eigenvalue weighted by atomic mass is 32.2. The molecule has 0 aromatic heterocycles. The average molecular weight is 216 g/mol. The topological polar surface area (TPSA) is 26.3 Å². The van der Waals surface area contributed by atoms with Gasteiger partial charge in [-0.15, -0.1) is 0 Å². The summed E-state index contributed by atoms with van der Waals surface area (Å²) in [6.45, 7) is 12.6. The normalized spacial score (nSPS) is 29.7. The summed E-state index contributed by atoms with van der Waals surface area (Å²) in [7, 11) is 0. The molecule has 82 valence electrons. The van der Waals surface area contributed by atoms with Crippen LogP contribution in [0.2, 0.25) is 0 Å². The van der Waals surface area contributed by atoms with Gasteiger partial charge < -0.3 is 4.18 Å². The van der Waals surface area contributed by atoms with Gasteiger partial charge in [-0.3, -0.25) is 4.79 Å². The van der Waals surface area contributed by atoms with E-state index in [0.717, 1.165) is 0 Å². The fourth-order valence-corrected chi connectivity index (χ4v) is 2.15. The minimum atomic E-state index is -0.262. The molecule has 0 aliphatic carbocycles. The van der Waals surface area contributed by atoms with E-state index in [1.54, 1.807) is 0 Å². The van der Waals surface area contributed by atoms with Crippen molar-refractivity contribution in [3.05, 3.63) is 0 Å². The maximum Gasteiger partial charge on any atom is 0.178 e. The largest absolute Gasteiger partial charge is 0.303 e. The van der Waals surface area contributed by atoms with Gasteiger partial charge in [0.25, 0.3) is 0 Å². The van der Waals surface area contributed by atoms with Crippen LogP contribution in [0.4, 0.5) is 0 Å². The summed E-state index contributed by atoms with van der Waals surface area (Å²) in [6.07, 6.45) is -0.262. The molecule has 2 atom stereocenters. The number of rotatable bonds is 1. The van der Waals surface area contributed by atoms with Crippen molar-refractivity contribution in [1.82, 2.24) is 0 Å². The van der Waals surface area contributed by atoms with Crippen LogP contribution in [0.3, 0.4) is 0 Å². The Bertz CT molecular complexity index is 240. The van der Waals surface area contributed by atoms with Crippen molar-refractivity contribution >= 4 is 17.8 Å². The molecule has 0 N–H and O–H groups in total. The number of carbonyl (C=O) groups excluding carboxylic acids is 1. The number of Topliss-reactive ketones (excluding diaryl/α,β-unsaturated/α-hetero) is 1. The second-order valence-corrected chi connectivity index (χ2v) is 6.68. The third-order valence-corrected chi connectivity index (χ3v) is 4.37. The van der Waals surface area contributed by atoms with E-state index in [-0.39, 0.29) is 28.0 Å². The van der Waals surface area contributed by atoms with E-state index < -0.39 is 0 Å². The molecule has 3 heteroatoms. The molecule has 1 heterocycles.